The molecule has 98 valence electrons. The summed E-state index contributed by atoms with van der Waals surface area (Å²) in [5, 5.41) is 10.5. The molecule has 3 aliphatic rings. The molecule has 0 aromatic rings. The largest absolute Gasteiger partial charge is 0.393 e. The van der Waals surface area contributed by atoms with E-state index in [1.165, 1.54) is 64.2 Å². The first-order valence-electron chi connectivity index (χ1n) is 8.02. The minimum atomic E-state index is 0.0393. The molecule has 0 bridgehead atoms. The minimum absolute atomic E-state index is 0.0393. The molecule has 3 saturated carbocycles. The number of fused-ring (bicyclic) bond motifs is 1. The summed E-state index contributed by atoms with van der Waals surface area (Å²) in [6.07, 6.45) is 15.3. The molecule has 0 unspecified atom stereocenters. The van der Waals surface area contributed by atoms with Crippen molar-refractivity contribution in [1.82, 2.24) is 0 Å². The molecule has 1 N–H and O–H groups in total. The first-order valence-corrected chi connectivity index (χ1v) is 8.02. The number of aliphatic hydroxyl groups is 1. The topological polar surface area (TPSA) is 20.2 Å². The highest BCUT2D eigenvalue weighted by molar-refractivity contribution is 4.91. The maximum atomic E-state index is 10.5. The molecule has 0 amide bonds. The number of rotatable bonds is 1. The van der Waals surface area contributed by atoms with Gasteiger partial charge in [-0.3, -0.25) is 0 Å². The van der Waals surface area contributed by atoms with E-state index in [1.54, 1.807) is 0 Å². The van der Waals surface area contributed by atoms with Crippen LogP contribution >= 0.6 is 0 Å². The zero-order valence-corrected chi connectivity index (χ0v) is 11.1. The van der Waals surface area contributed by atoms with E-state index < -0.39 is 0 Å². The molecule has 3 fully saturated rings. The third kappa shape index (κ3) is 2.54. The van der Waals surface area contributed by atoms with Crippen LogP contribution in [0.1, 0.15) is 70.6 Å². The zero-order valence-electron chi connectivity index (χ0n) is 11.1. The second-order valence-electron chi connectivity index (χ2n) is 6.91. The molecule has 0 radical (unpaired) electrons. The fourth-order valence-electron chi connectivity index (χ4n) is 4.97. The lowest BCUT2D eigenvalue weighted by Gasteiger charge is -2.45. The SMILES string of the molecule is O[C@H]1C[C@H]2CCCC[C@@H]2C[C@H]1C1CCCCC1. The summed E-state index contributed by atoms with van der Waals surface area (Å²) >= 11 is 0. The van der Waals surface area contributed by atoms with E-state index in [1.807, 2.05) is 0 Å². The summed E-state index contributed by atoms with van der Waals surface area (Å²) < 4.78 is 0. The van der Waals surface area contributed by atoms with Crippen LogP contribution in [0.4, 0.5) is 0 Å². The van der Waals surface area contributed by atoms with Crippen LogP contribution in [-0.2, 0) is 0 Å². The lowest BCUT2D eigenvalue weighted by molar-refractivity contribution is -0.0314. The molecule has 0 aliphatic heterocycles. The van der Waals surface area contributed by atoms with E-state index in [0.29, 0.717) is 5.92 Å². The second kappa shape index (κ2) is 5.30. The Hall–Kier alpha value is -0.0400. The van der Waals surface area contributed by atoms with Crippen LogP contribution < -0.4 is 0 Å². The molecule has 0 aromatic heterocycles. The van der Waals surface area contributed by atoms with Gasteiger partial charge in [0, 0.05) is 0 Å². The predicted molar refractivity (Wildman–Crippen MR) is 70.8 cm³/mol. The molecule has 3 rings (SSSR count). The zero-order chi connectivity index (χ0) is 11.7. The first kappa shape index (κ1) is 12.0. The number of aliphatic hydroxyl groups excluding tert-OH is 1. The fraction of sp³-hybridized carbons (Fsp3) is 1.00. The normalized spacial score (nSPS) is 44.3. The Balaban J connectivity index is 1.64. The van der Waals surface area contributed by atoms with Crippen molar-refractivity contribution >= 4 is 0 Å². The summed E-state index contributed by atoms with van der Waals surface area (Å²) in [6.45, 7) is 0. The van der Waals surface area contributed by atoms with Gasteiger partial charge < -0.3 is 5.11 Å². The Labute approximate surface area is 106 Å². The maximum Gasteiger partial charge on any atom is 0.0573 e. The van der Waals surface area contributed by atoms with Crippen LogP contribution in [0.2, 0.25) is 0 Å². The standard InChI is InChI=1S/C16H28O/c17-16-11-14-9-5-4-8-13(14)10-15(16)12-6-2-1-3-7-12/h12-17H,1-11H2/t13-,14-,15+,16+/m1/s1. The van der Waals surface area contributed by atoms with Gasteiger partial charge in [0.25, 0.3) is 0 Å². The van der Waals surface area contributed by atoms with Gasteiger partial charge in [-0.05, 0) is 36.5 Å². The highest BCUT2D eigenvalue weighted by Crippen LogP contribution is 2.47. The molecule has 17 heavy (non-hydrogen) atoms. The van der Waals surface area contributed by atoms with E-state index >= 15 is 0 Å². The van der Waals surface area contributed by atoms with Gasteiger partial charge in [0.05, 0.1) is 6.10 Å². The van der Waals surface area contributed by atoms with E-state index in [2.05, 4.69) is 0 Å². The summed E-state index contributed by atoms with van der Waals surface area (Å²) in [7, 11) is 0. The van der Waals surface area contributed by atoms with E-state index in [0.717, 1.165) is 24.2 Å². The Morgan fingerprint density at radius 3 is 1.82 bits per heavy atom. The third-order valence-electron chi connectivity index (χ3n) is 5.94. The first-order chi connectivity index (χ1) is 8.34. The fourth-order valence-corrected chi connectivity index (χ4v) is 4.97. The Kier molecular flexibility index (Phi) is 3.75. The Morgan fingerprint density at radius 1 is 0.588 bits per heavy atom. The van der Waals surface area contributed by atoms with Crippen molar-refractivity contribution in [3.05, 3.63) is 0 Å². The molecular formula is C16H28O. The van der Waals surface area contributed by atoms with Crippen molar-refractivity contribution in [2.45, 2.75) is 76.7 Å². The summed E-state index contributed by atoms with van der Waals surface area (Å²) in [5.41, 5.74) is 0. The second-order valence-corrected chi connectivity index (χ2v) is 6.91. The monoisotopic (exact) mass is 236 g/mol. The van der Waals surface area contributed by atoms with Crippen LogP contribution in [0, 0.1) is 23.7 Å². The van der Waals surface area contributed by atoms with Gasteiger partial charge in [0.15, 0.2) is 0 Å². The minimum Gasteiger partial charge on any atom is -0.393 e. The van der Waals surface area contributed by atoms with Crippen molar-refractivity contribution in [2.75, 3.05) is 0 Å². The molecular weight excluding hydrogens is 208 g/mol. The predicted octanol–water partition coefficient (Wildman–Crippen LogP) is 4.14. The van der Waals surface area contributed by atoms with Gasteiger partial charge in [0.1, 0.15) is 0 Å². The summed E-state index contributed by atoms with van der Waals surface area (Å²) in [4.78, 5) is 0. The van der Waals surface area contributed by atoms with Gasteiger partial charge >= 0.3 is 0 Å². The van der Waals surface area contributed by atoms with Crippen molar-refractivity contribution in [1.29, 1.82) is 0 Å². The molecule has 0 saturated heterocycles. The van der Waals surface area contributed by atoms with Crippen molar-refractivity contribution in [2.24, 2.45) is 23.7 Å². The van der Waals surface area contributed by atoms with Crippen molar-refractivity contribution < 1.29 is 5.11 Å². The quantitative estimate of drug-likeness (QED) is 0.725. The van der Waals surface area contributed by atoms with Crippen molar-refractivity contribution in [3.63, 3.8) is 0 Å². The van der Waals surface area contributed by atoms with Crippen LogP contribution in [0.15, 0.2) is 0 Å². The molecule has 0 heterocycles. The average Bonchev–Trinajstić information content (AvgIpc) is 2.39. The molecule has 0 aromatic carbocycles. The van der Waals surface area contributed by atoms with E-state index in [-0.39, 0.29) is 6.10 Å². The third-order valence-corrected chi connectivity index (χ3v) is 5.94. The summed E-state index contributed by atoms with van der Waals surface area (Å²) in [6, 6.07) is 0. The lowest BCUT2D eigenvalue weighted by atomic mass is 9.62. The molecule has 1 nitrogen and oxygen atoms in total. The maximum absolute atomic E-state index is 10.5. The van der Waals surface area contributed by atoms with Crippen LogP contribution in [-0.4, -0.2) is 11.2 Å². The molecule has 0 spiro atoms. The smallest absolute Gasteiger partial charge is 0.0573 e. The highest BCUT2D eigenvalue weighted by Gasteiger charge is 2.40. The highest BCUT2D eigenvalue weighted by atomic mass is 16.3. The molecule has 3 aliphatic carbocycles. The van der Waals surface area contributed by atoms with Crippen LogP contribution in [0.3, 0.4) is 0 Å². The van der Waals surface area contributed by atoms with Gasteiger partial charge in [0.2, 0.25) is 0 Å². The molecule has 4 atom stereocenters. The average molecular weight is 236 g/mol. The number of hydrogen-bond acceptors (Lipinski definition) is 1. The van der Waals surface area contributed by atoms with E-state index in [4.69, 9.17) is 0 Å². The Morgan fingerprint density at radius 2 is 1.12 bits per heavy atom. The van der Waals surface area contributed by atoms with E-state index in [9.17, 15) is 5.11 Å². The van der Waals surface area contributed by atoms with Gasteiger partial charge in [-0.1, -0.05) is 57.8 Å². The van der Waals surface area contributed by atoms with Crippen molar-refractivity contribution in [3.8, 4) is 0 Å². The van der Waals surface area contributed by atoms with Gasteiger partial charge in [-0.2, -0.15) is 0 Å². The lowest BCUT2D eigenvalue weighted by Crippen LogP contribution is -2.40. The Bertz CT molecular complexity index is 244. The summed E-state index contributed by atoms with van der Waals surface area (Å²) in [5.74, 6) is 3.37. The molecule has 1 heteroatoms. The van der Waals surface area contributed by atoms with Gasteiger partial charge in [-0.25, -0.2) is 0 Å². The van der Waals surface area contributed by atoms with Gasteiger partial charge in [-0.15, -0.1) is 0 Å². The van der Waals surface area contributed by atoms with Crippen LogP contribution in [0.25, 0.3) is 0 Å². The number of hydrogen-bond donors (Lipinski definition) is 1. The van der Waals surface area contributed by atoms with Crippen LogP contribution in [0.5, 0.6) is 0 Å².